The molecule has 0 saturated carbocycles. The summed E-state index contributed by atoms with van der Waals surface area (Å²) in [6, 6.07) is 16.6. The smallest absolute Gasteiger partial charge is 0.245 e. The number of hydrogen-bond acceptors (Lipinski definition) is 7. The van der Waals surface area contributed by atoms with Crippen LogP contribution in [0.15, 0.2) is 86.2 Å². The lowest BCUT2D eigenvalue weighted by molar-refractivity contribution is 0.412. The first-order chi connectivity index (χ1) is 14.5. The quantitative estimate of drug-likeness (QED) is 0.468. The lowest BCUT2D eigenvalue weighted by Crippen LogP contribution is -2.14. The lowest BCUT2D eigenvalue weighted by Gasteiger charge is -2.10. The molecule has 9 heteroatoms. The topological polar surface area (TPSA) is 125 Å². The summed E-state index contributed by atoms with van der Waals surface area (Å²) in [6.45, 7) is 5.50. The molecule has 2 aromatic rings. The number of hydrogen-bond donors (Lipinski definition) is 3. The second-order valence-electron chi connectivity index (χ2n) is 6.21. The molecule has 1 unspecified atom stereocenters. The minimum atomic E-state index is -1.26. The van der Waals surface area contributed by atoms with Gasteiger partial charge in [0.25, 0.3) is 0 Å². The van der Waals surface area contributed by atoms with Crippen LogP contribution in [0.5, 0.6) is 0 Å². The molecule has 2 aromatic carbocycles. The van der Waals surface area contributed by atoms with Gasteiger partial charge >= 0.3 is 0 Å². The average Bonchev–Trinajstić information content (AvgIpc) is 3.27. The van der Waals surface area contributed by atoms with E-state index in [1.54, 1.807) is 13.0 Å². The highest BCUT2D eigenvalue weighted by Crippen LogP contribution is 2.20. The molecule has 0 fully saturated rings. The van der Waals surface area contributed by atoms with Gasteiger partial charge in [-0.3, -0.25) is 9.62 Å². The number of aliphatic imine (C=N–C) groups is 2. The number of rotatable bonds is 7. The summed E-state index contributed by atoms with van der Waals surface area (Å²) in [5, 5.41) is 12.3. The zero-order chi connectivity index (χ0) is 21.5. The zero-order valence-electron chi connectivity index (χ0n) is 16.5. The van der Waals surface area contributed by atoms with Gasteiger partial charge in [-0.05, 0) is 31.8 Å². The molecule has 1 heterocycles. The largest absolute Gasteiger partial charge is 0.417 e. The van der Waals surface area contributed by atoms with Gasteiger partial charge in [0.15, 0.2) is 11.5 Å². The molecule has 0 spiro atoms. The van der Waals surface area contributed by atoms with Crippen LogP contribution in [0.1, 0.15) is 18.1 Å². The van der Waals surface area contributed by atoms with Gasteiger partial charge in [-0.15, -0.1) is 5.10 Å². The second kappa shape index (κ2) is 9.86. The third-order valence-corrected chi connectivity index (χ3v) is 5.63. The van der Waals surface area contributed by atoms with Crippen LogP contribution in [-0.2, 0) is 15.5 Å². The zero-order valence-corrected chi connectivity index (χ0v) is 17.3. The fourth-order valence-corrected chi connectivity index (χ4v) is 3.87. The summed E-state index contributed by atoms with van der Waals surface area (Å²) in [5.41, 5.74) is 10.5. The fraction of sp³-hybridized carbons (Fsp3) is 0.143. The minimum absolute atomic E-state index is 0.136. The first-order valence-corrected chi connectivity index (χ1v) is 10.5. The molecule has 0 amide bonds. The van der Waals surface area contributed by atoms with Crippen LogP contribution in [0.3, 0.4) is 0 Å². The van der Waals surface area contributed by atoms with E-state index in [1.165, 1.54) is 0 Å². The molecule has 8 nitrogen and oxygen atoms in total. The van der Waals surface area contributed by atoms with E-state index in [9.17, 15) is 4.21 Å². The maximum absolute atomic E-state index is 12.5. The van der Waals surface area contributed by atoms with E-state index in [2.05, 4.69) is 27.2 Å². The molecular formula is C21H22N6O2S. The fourth-order valence-electron chi connectivity index (χ4n) is 2.74. The molecular weight excluding hydrogens is 400 g/mol. The Kier molecular flexibility index (Phi) is 6.99. The van der Waals surface area contributed by atoms with Crippen LogP contribution in [0, 0.1) is 5.41 Å². The molecule has 30 heavy (non-hydrogen) atoms. The van der Waals surface area contributed by atoms with Crippen molar-refractivity contribution in [3.8, 4) is 0 Å². The molecule has 0 saturated heterocycles. The monoisotopic (exact) mass is 422 g/mol. The molecule has 3 rings (SSSR count). The van der Waals surface area contributed by atoms with Crippen molar-refractivity contribution >= 4 is 35.0 Å². The van der Waals surface area contributed by atoms with Crippen molar-refractivity contribution in [2.24, 2.45) is 20.8 Å². The highest BCUT2D eigenvalue weighted by molar-refractivity contribution is 7.85. The van der Waals surface area contributed by atoms with E-state index < -0.39 is 10.8 Å². The van der Waals surface area contributed by atoms with Crippen LogP contribution < -0.4 is 11.2 Å². The second-order valence-corrected chi connectivity index (χ2v) is 7.75. The van der Waals surface area contributed by atoms with Crippen molar-refractivity contribution in [2.75, 3.05) is 12.3 Å². The molecule has 154 valence electrons. The summed E-state index contributed by atoms with van der Waals surface area (Å²) in [7, 11) is -1.26. The SMILES string of the molecule is C=NC(=N)C(N=C(C)c1ccccc1S(=O)CCN)=C1NN=C(c2ccccc2)O1. The third kappa shape index (κ3) is 4.76. The van der Waals surface area contributed by atoms with Gasteiger partial charge in [0.1, 0.15) is 0 Å². The molecule has 1 aliphatic rings. The molecule has 0 bridgehead atoms. The van der Waals surface area contributed by atoms with Gasteiger partial charge in [-0.2, -0.15) is 0 Å². The molecule has 0 aliphatic carbocycles. The first kappa shape index (κ1) is 21.3. The highest BCUT2D eigenvalue weighted by Gasteiger charge is 2.22. The Bertz CT molecular complexity index is 1080. The predicted octanol–water partition coefficient (Wildman–Crippen LogP) is 2.39. The van der Waals surface area contributed by atoms with Gasteiger partial charge in [0.05, 0.1) is 10.8 Å². The predicted molar refractivity (Wildman–Crippen MR) is 120 cm³/mol. The van der Waals surface area contributed by atoms with Crippen molar-refractivity contribution in [3.05, 3.63) is 77.3 Å². The van der Waals surface area contributed by atoms with Crippen molar-refractivity contribution in [2.45, 2.75) is 11.8 Å². The summed E-state index contributed by atoms with van der Waals surface area (Å²) < 4.78 is 18.3. The number of ether oxygens (including phenoxy) is 1. The number of nitrogens with zero attached hydrogens (tertiary/aromatic N) is 3. The number of benzene rings is 2. The van der Waals surface area contributed by atoms with E-state index in [0.717, 1.165) is 5.56 Å². The Morgan fingerprint density at radius 2 is 1.93 bits per heavy atom. The van der Waals surface area contributed by atoms with Gasteiger partial charge in [0.2, 0.25) is 11.8 Å². The molecule has 1 aliphatic heterocycles. The number of nitrogens with two attached hydrogens (primary N) is 1. The van der Waals surface area contributed by atoms with E-state index in [4.69, 9.17) is 15.9 Å². The van der Waals surface area contributed by atoms with E-state index in [1.807, 2.05) is 48.5 Å². The summed E-state index contributed by atoms with van der Waals surface area (Å²) >= 11 is 0. The van der Waals surface area contributed by atoms with Crippen molar-refractivity contribution in [3.63, 3.8) is 0 Å². The first-order valence-electron chi connectivity index (χ1n) is 9.15. The van der Waals surface area contributed by atoms with E-state index >= 15 is 0 Å². The lowest BCUT2D eigenvalue weighted by atomic mass is 10.1. The van der Waals surface area contributed by atoms with Gasteiger partial charge in [0, 0.05) is 34.0 Å². The third-order valence-electron chi connectivity index (χ3n) is 4.18. The van der Waals surface area contributed by atoms with Gasteiger partial charge in [-0.1, -0.05) is 36.4 Å². The molecule has 1 atom stereocenters. The van der Waals surface area contributed by atoms with Crippen molar-refractivity contribution < 1.29 is 8.95 Å². The van der Waals surface area contributed by atoms with E-state index in [0.29, 0.717) is 34.4 Å². The van der Waals surface area contributed by atoms with Crippen LogP contribution in [0.4, 0.5) is 0 Å². The van der Waals surface area contributed by atoms with E-state index in [-0.39, 0.29) is 17.4 Å². The Labute approximate surface area is 177 Å². The Hall–Kier alpha value is -3.43. The standard InChI is InChI=1S/C21H22N6O2S/c1-14(16-10-6-7-11-17(16)30(28)13-12-22)25-18(19(23)24-2)21-27-26-20(29-21)15-8-4-3-5-9-15/h3-11,23,27H,2,12-13,22H2,1H3. The number of nitrogens with one attached hydrogen (secondary N) is 2. The Morgan fingerprint density at radius 3 is 2.63 bits per heavy atom. The van der Waals surface area contributed by atoms with Crippen LogP contribution in [-0.4, -0.2) is 40.7 Å². The molecule has 4 N–H and O–H groups in total. The highest BCUT2D eigenvalue weighted by atomic mass is 32.2. The number of amidine groups is 1. The average molecular weight is 423 g/mol. The maximum Gasteiger partial charge on any atom is 0.245 e. The van der Waals surface area contributed by atoms with Crippen molar-refractivity contribution in [1.29, 1.82) is 5.41 Å². The Balaban J connectivity index is 1.98. The van der Waals surface area contributed by atoms with Crippen LogP contribution in [0.25, 0.3) is 0 Å². The number of hydrazone groups is 1. The summed E-state index contributed by atoms with van der Waals surface area (Å²) in [6.07, 6.45) is 0. The molecule has 0 aromatic heterocycles. The summed E-state index contributed by atoms with van der Waals surface area (Å²) in [4.78, 5) is 8.86. The maximum atomic E-state index is 12.5. The Morgan fingerprint density at radius 1 is 1.23 bits per heavy atom. The van der Waals surface area contributed by atoms with Crippen LogP contribution in [0.2, 0.25) is 0 Å². The van der Waals surface area contributed by atoms with Gasteiger partial charge < -0.3 is 10.5 Å². The summed E-state index contributed by atoms with van der Waals surface area (Å²) in [5.74, 6) is 0.701. The normalized spacial score (nSPS) is 16.2. The molecule has 0 radical (unpaired) electrons. The van der Waals surface area contributed by atoms with Gasteiger partial charge in [-0.25, -0.2) is 15.4 Å². The van der Waals surface area contributed by atoms with Crippen molar-refractivity contribution in [1.82, 2.24) is 5.43 Å². The van der Waals surface area contributed by atoms with Crippen LogP contribution >= 0.6 is 0 Å². The minimum Gasteiger partial charge on any atom is -0.417 e.